The van der Waals surface area contributed by atoms with E-state index in [1.54, 1.807) is 11.3 Å². The Morgan fingerprint density at radius 2 is 2.00 bits per heavy atom. The SMILES string of the molecule is Cc1cc(C=O)cc(C)c1OCc1cccs1. The Balaban J connectivity index is 2.18. The highest BCUT2D eigenvalue weighted by Crippen LogP contribution is 2.25. The minimum atomic E-state index is 0.583. The van der Waals surface area contributed by atoms with Crippen LogP contribution in [0.3, 0.4) is 0 Å². The van der Waals surface area contributed by atoms with Gasteiger partial charge in [0.25, 0.3) is 0 Å². The summed E-state index contributed by atoms with van der Waals surface area (Å²) in [6.07, 6.45) is 0.864. The lowest BCUT2D eigenvalue weighted by molar-refractivity contribution is 0.112. The van der Waals surface area contributed by atoms with Crippen molar-refractivity contribution in [1.82, 2.24) is 0 Å². The van der Waals surface area contributed by atoms with Gasteiger partial charge in [-0.25, -0.2) is 0 Å². The maximum Gasteiger partial charge on any atom is 0.150 e. The largest absolute Gasteiger partial charge is 0.488 e. The first-order chi connectivity index (χ1) is 8.20. The van der Waals surface area contributed by atoms with Crippen LogP contribution in [0.1, 0.15) is 26.4 Å². The molecule has 0 unspecified atom stereocenters. The van der Waals surface area contributed by atoms with E-state index in [2.05, 4.69) is 6.07 Å². The van der Waals surface area contributed by atoms with Crippen LogP contribution in [0.15, 0.2) is 29.6 Å². The second-order valence-corrected chi connectivity index (χ2v) is 5.00. The molecule has 0 saturated heterocycles. The summed E-state index contributed by atoms with van der Waals surface area (Å²) < 4.78 is 5.81. The van der Waals surface area contributed by atoms with Crippen molar-refractivity contribution in [3.8, 4) is 5.75 Å². The van der Waals surface area contributed by atoms with E-state index in [1.807, 2.05) is 37.4 Å². The van der Waals surface area contributed by atoms with E-state index in [1.165, 1.54) is 4.88 Å². The predicted octanol–water partition coefficient (Wildman–Crippen LogP) is 3.76. The predicted molar refractivity (Wildman–Crippen MR) is 70.0 cm³/mol. The van der Waals surface area contributed by atoms with Crippen molar-refractivity contribution >= 4 is 17.6 Å². The third kappa shape index (κ3) is 2.74. The van der Waals surface area contributed by atoms with Crippen LogP contribution in [0.2, 0.25) is 0 Å². The van der Waals surface area contributed by atoms with Gasteiger partial charge in [0.05, 0.1) is 0 Å². The second-order valence-electron chi connectivity index (χ2n) is 3.97. The van der Waals surface area contributed by atoms with Gasteiger partial charge in [-0.15, -0.1) is 11.3 Å². The molecular weight excluding hydrogens is 232 g/mol. The smallest absolute Gasteiger partial charge is 0.150 e. The summed E-state index contributed by atoms with van der Waals surface area (Å²) in [5, 5.41) is 2.04. The molecule has 3 heteroatoms. The molecule has 0 spiro atoms. The van der Waals surface area contributed by atoms with Gasteiger partial charge in [0, 0.05) is 10.4 Å². The number of carbonyl (C=O) groups excluding carboxylic acids is 1. The summed E-state index contributed by atoms with van der Waals surface area (Å²) in [4.78, 5) is 11.9. The van der Waals surface area contributed by atoms with Crippen LogP contribution in [-0.2, 0) is 6.61 Å². The first-order valence-corrected chi connectivity index (χ1v) is 6.30. The zero-order valence-electron chi connectivity index (χ0n) is 9.90. The second kappa shape index (κ2) is 5.15. The van der Waals surface area contributed by atoms with E-state index in [4.69, 9.17) is 4.74 Å². The van der Waals surface area contributed by atoms with E-state index >= 15 is 0 Å². The lowest BCUT2D eigenvalue weighted by Gasteiger charge is -2.12. The average molecular weight is 246 g/mol. The number of hydrogen-bond acceptors (Lipinski definition) is 3. The Morgan fingerprint density at radius 1 is 1.29 bits per heavy atom. The van der Waals surface area contributed by atoms with Crippen molar-refractivity contribution in [3.63, 3.8) is 0 Å². The minimum absolute atomic E-state index is 0.583. The van der Waals surface area contributed by atoms with Crippen molar-refractivity contribution in [2.45, 2.75) is 20.5 Å². The Hall–Kier alpha value is -1.61. The normalized spacial score (nSPS) is 10.2. The summed E-state index contributed by atoms with van der Waals surface area (Å²) >= 11 is 1.68. The Morgan fingerprint density at radius 3 is 2.53 bits per heavy atom. The van der Waals surface area contributed by atoms with Crippen LogP contribution >= 0.6 is 11.3 Å². The van der Waals surface area contributed by atoms with Crippen LogP contribution in [0.25, 0.3) is 0 Å². The lowest BCUT2D eigenvalue weighted by atomic mass is 10.1. The molecule has 0 radical (unpaired) electrons. The number of thiophene rings is 1. The van der Waals surface area contributed by atoms with Crippen LogP contribution < -0.4 is 4.74 Å². The van der Waals surface area contributed by atoms with E-state index in [9.17, 15) is 4.79 Å². The van der Waals surface area contributed by atoms with E-state index in [0.29, 0.717) is 12.2 Å². The van der Waals surface area contributed by atoms with Crippen molar-refractivity contribution in [2.24, 2.45) is 0 Å². The van der Waals surface area contributed by atoms with E-state index in [0.717, 1.165) is 23.2 Å². The van der Waals surface area contributed by atoms with Gasteiger partial charge in [-0.3, -0.25) is 4.79 Å². The van der Waals surface area contributed by atoms with Gasteiger partial charge in [0.1, 0.15) is 18.6 Å². The molecule has 0 bridgehead atoms. The van der Waals surface area contributed by atoms with Gasteiger partial charge >= 0.3 is 0 Å². The molecule has 1 aromatic heterocycles. The molecule has 0 aliphatic rings. The van der Waals surface area contributed by atoms with Gasteiger partial charge in [-0.2, -0.15) is 0 Å². The van der Waals surface area contributed by atoms with Crippen LogP contribution in [0, 0.1) is 13.8 Å². The highest BCUT2D eigenvalue weighted by atomic mass is 32.1. The van der Waals surface area contributed by atoms with Crippen LogP contribution in [0.5, 0.6) is 5.75 Å². The third-order valence-corrected chi connectivity index (χ3v) is 3.41. The number of aldehydes is 1. The van der Waals surface area contributed by atoms with Gasteiger partial charge in [0.15, 0.2) is 0 Å². The fourth-order valence-electron chi connectivity index (χ4n) is 1.82. The van der Waals surface area contributed by atoms with Crippen LogP contribution in [-0.4, -0.2) is 6.29 Å². The van der Waals surface area contributed by atoms with Gasteiger partial charge in [-0.05, 0) is 48.6 Å². The molecule has 0 aliphatic carbocycles. The summed E-state index contributed by atoms with van der Waals surface area (Å²) in [6, 6.07) is 7.77. The highest BCUT2D eigenvalue weighted by molar-refractivity contribution is 7.09. The molecule has 2 aromatic rings. The molecule has 2 nitrogen and oxygen atoms in total. The molecule has 0 fully saturated rings. The minimum Gasteiger partial charge on any atom is -0.488 e. The molecule has 1 aromatic carbocycles. The third-order valence-electron chi connectivity index (χ3n) is 2.56. The standard InChI is InChI=1S/C14H14O2S/c1-10-6-12(8-15)7-11(2)14(10)16-9-13-4-3-5-17-13/h3-8H,9H2,1-2H3. The zero-order valence-corrected chi connectivity index (χ0v) is 10.7. The van der Waals surface area contributed by atoms with Gasteiger partial charge < -0.3 is 4.74 Å². The monoisotopic (exact) mass is 246 g/mol. The van der Waals surface area contributed by atoms with Gasteiger partial charge in [0.2, 0.25) is 0 Å². The summed E-state index contributed by atoms with van der Waals surface area (Å²) in [5.74, 6) is 0.879. The zero-order chi connectivity index (χ0) is 12.3. The van der Waals surface area contributed by atoms with Crippen molar-refractivity contribution < 1.29 is 9.53 Å². The van der Waals surface area contributed by atoms with E-state index < -0.39 is 0 Å². The van der Waals surface area contributed by atoms with Crippen molar-refractivity contribution in [1.29, 1.82) is 0 Å². The lowest BCUT2D eigenvalue weighted by Crippen LogP contribution is -1.98. The number of benzene rings is 1. The number of carbonyl (C=O) groups is 1. The molecule has 0 N–H and O–H groups in total. The molecule has 17 heavy (non-hydrogen) atoms. The fraction of sp³-hybridized carbons (Fsp3) is 0.214. The molecule has 0 amide bonds. The Bertz CT molecular complexity index is 492. The molecule has 2 rings (SSSR count). The van der Waals surface area contributed by atoms with E-state index in [-0.39, 0.29) is 0 Å². The highest BCUT2D eigenvalue weighted by Gasteiger charge is 2.06. The topological polar surface area (TPSA) is 26.3 Å². The van der Waals surface area contributed by atoms with Crippen molar-refractivity contribution in [2.75, 3.05) is 0 Å². The van der Waals surface area contributed by atoms with Crippen LogP contribution in [0.4, 0.5) is 0 Å². The molecule has 0 atom stereocenters. The Kier molecular flexibility index (Phi) is 3.59. The fourth-order valence-corrected chi connectivity index (χ4v) is 2.43. The molecular formula is C14H14O2S. The number of ether oxygens (including phenoxy) is 1. The average Bonchev–Trinajstić information content (AvgIpc) is 2.80. The molecule has 0 saturated carbocycles. The first-order valence-electron chi connectivity index (χ1n) is 5.42. The number of rotatable bonds is 4. The van der Waals surface area contributed by atoms with Gasteiger partial charge in [-0.1, -0.05) is 6.07 Å². The quantitative estimate of drug-likeness (QED) is 0.768. The summed E-state index contributed by atoms with van der Waals surface area (Å²) in [5.41, 5.74) is 2.70. The van der Waals surface area contributed by atoms with Crippen molar-refractivity contribution in [3.05, 3.63) is 51.2 Å². The molecule has 1 heterocycles. The molecule has 0 aliphatic heterocycles. The summed E-state index contributed by atoms with van der Waals surface area (Å²) in [7, 11) is 0. The maximum atomic E-state index is 10.7. The maximum absolute atomic E-state index is 10.7. The Labute approximate surface area is 105 Å². The summed E-state index contributed by atoms with van der Waals surface area (Å²) in [6.45, 7) is 4.51. The first kappa shape index (κ1) is 11.9. The molecule has 88 valence electrons. The number of aryl methyl sites for hydroxylation is 2. The number of hydrogen-bond donors (Lipinski definition) is 0.